The minimum absolute atomic E-state index is 0. The predicted molar refractivity (Wildman–Crippen MR) is 98.0 cm³/mol. The summed E-state index contributed by atoms with van der Waals surface area (Å²) in [6.45, 7) is 5.08. The maximum Gasteiger partial charge on any atom is 0.166 e. The fourth-order valence-electron chi connectivity index (χ4n) is 2.13. The number of methoxy groups -OCH3 is 1. The van der Waals surface area contributed by atoms with Crippen LogP contribution in [0.1, 0.15) is 25.0 Å². The predicted octanol–water partition coefficient (Wildman–Crippen LogP) is 4.99. The van der Waals surface area contributed by atoms with Crippen LogP contribution in [-0.2, 0) is 13.2 Å². The Morgan fingerprint density at radius 1 is 1.17 bits per heavy atom. The molecule has 132 valence electrons. The van der Waals surface area contributed by atoms with Crippen LogP contribution in [0.25, 0.3) is 0 Å². The van der Waals surface area contributed by atoms with E-state index in [9.17, 15) is 4.39 Å². The van der Waals surface area contributed by atoms with Gasteiger partial charge in [0, 0.05) is 23.7 Å². The van der Waals surface area contributed by atoms with Gasteiger partial charge in [0.15, 0.2) is 11.5 Å². The van der Waals surface area contributed by atoms with Gasteiger partial charge in [-0.05, 0) is 18.2 Å². The number of rotatable bonds is 7. The SMILES string of the molecule is COc1cccc(CNC(C)C)c1OCc1ccc(F)cc1Cl.Cl. The molecule has 0 bridgehead atoms. The summed E-state index contributed by atoms with van der Waals surface area (Å²) in [5.41, 5.74) is 1.72. The van der Waals surface area contributed by atoms with Gasteiger partial charge in [-0.25, -0.2) is 4.39 Å². The molecule has 0 fully saturated rings. The van der Waals surface area contributed by atoms with Gasteiger partial charge in [-0.2, -0.15) is 0 Å². The van der Waals surface area contributed by atoms with E-state index in [0.717, 1.165) is 11.1 Å². The Bertz CT molecular complexity index is 665. The molecule has 0 heterocycles. The molecule has 6 heteroatoms. The first-order valence-electron chi connectivity index (χ1n) is 7.47. The number of benzene rings is 2. The van der Waals surface area contributed by atoms with Crippen molar-refractivity contribution in [3.63, 3.8) is 0 Å². The van der Waals surface area contributed by atoms with Gasteiger partial charge in [0.25, 0.3) is 0 Å². The molecule has 2 aromatic rings. The fourth-order valence-corrected chi connectivity index (χ4v) is 2.35. The maximum absolute atomic E-state index is 13.1. The largest absolute Gasteiger partial charge is 0.493 e. The van der Waals surface area contributed by atoms with Crippen LogP contribution >= 0.6 is 24.0 Å². The van der Waals surface area contributed by atoms with E-state index < -0.39 is 0 Å². The van der Waals surface area contributed by atoms with Crippen LogP contribution in [0.2, 0.25) is 5.02 Å². The van der Waals surface area contributed by atoms with E-state index in [2.05, 4.69) is 19.2 Å². The summed E-state index contributed by atoms with van der Waals surface area (Å²) >= 11 is 6.05. The summed E-state index contributed by atoms with van der Waals surface area (Å²) < 4.78 is 24.4. The second-order valence-corrected chi connectivity index (χ2v) is 5.92. The van der Waals surface area contributed by atoms with E-state index in [4.69, 9.17) is 21.1 Å². The number of halogens is 3. The lowest BCUT2D eigenvalue weighted by Crippen LogP contribution is -2.22. The highest BCUT2D eigenvalue weighted by atomic mass is 35.5. The zero-order chi connectivity index (χ0) is 16.8. The lowest BCUT2D eigenvalue weighted by molar-refractivity contribution is 0.280. The van der Waals surface area contributed by atoms with Crippen molar-refractivity contribution < 1.29 is 13.9 Å². The Balaban J connectivity index is 0.00000288. The van der Waals surface area contributed by atoms with Crippen molar-refractivity contribution >= 4 is 24.0 Å². The Morgan fingerprint density at radius 3 is 2.54 bits per heavy atom. The monoisotopic (exact) mass is 373 g/mol. The number of hydrogen-bond acceptors (Lipinski definition) is 3. The molecule has 0 aliphatic carbocycles. The molecule has 0 aromatic heterocycles. The highest BCUT2D eigenvalue weighted by Crippen LogP contribution is 2.32. The summed E-state index contributed by atoms with van der Waals surface area (Å²) in [4.78, 5) is 0. The summed E-state index contributed by atoms with van der Waals surface area (Å²) in [5.74, 6) is 0.965. The molecule has 0 unspecified atom stereocenters. The van der Waals surface area contributed by atoms with Crippen LogP contribution in [0.15, 0.2) is 36.4 Å². The second kappa shape index (κ2) is 9.72. The first kappa shape index (κ1) is 20.6. The molecular formula is C18H22Cl2FNO2. The molecule has 0 aliphatic heterocycles. The minimum Gasteiger partial charge on any atom is -0.493 e. The molecule has 0 atom stereocenters. The van der Waals surface area contributed by atoms with Gasteiger partial charge < -0.3 is 14.8 Å². The van der Waals surface area contributed by atoms with Crippen LogP contribution < -0.4 is 14.8 Å². The highest BCUT2D eigenvalue weighted by molar-refractivity contribution is 6.31. The van der Waals surface area contributed by atoms with Gasteiger partial charge in [0.05, 0.1) is 12.1 Å². The summed E-state index contributed by atoms with van der Waals surface area (Å²) in [6.07, 6.45) is 0. The Kier molecular flexibility index (Phi) is 8.32. The third-order valence-corrected chi connectivity index (χ3v) is 3.72. The van der Waals surface area contributed by atoms with Gasteiger partial charge in [0.2, 0.25) is 0 Å². The molecule has 24 heavy (non-hydrogen) atoms. The lowest BCUT2D eigenvalue weighted by Gasteiger charge is -2.17. The molecule has 0 aliphatic rings. The van der Waals surface area contributed by atoms with E-state index in [0.29, 0.717) is 29.1 Å². The van der Waals surface area contributed by atoms with Gasteiger partial charge in [0.1, 0.15) is 12.4 Å². The zero-order valence-corrected chi connectivity index (χ0v) is 15.5. The third kappa shape index (κ3) is 5.55. The first-order valence-corrected chi connectivity index (χ1v) is 7.85. The van der Waals surface area contributed by atoms with E-state index in [-0.39, 0.29) is 24.8 Å². The van der Waals surface area contributed by atoms with Crippen molar-refractivity contribution in [3.8, 4) is 11.5 Å². The molecule has 3 nitrogen and oxygen atoms in total. The van der Waals surface area contributed by atoms with Crippen molar-refractivity contribution in [2.75, 3.05) is 7.11 Å². The van der Waals surface area contributed by atoms with Crippen LogP contribution in [0.3, 0.4) is 0 Å². The molecule has 2 aromatic carbocycles. The van der Waals surface area contributed by atoms with Gasteiger partial charge in [-0.1, -0.05) is 43.6 Å². The average Bonchev–Trinajstić information content (AvgIpc) is 2.52. The topological polar surface area (TPSA) is 30.5 Å². The molecule has 0 amide bonds. The number of hydrogen-bond donors (Lipinski definition) is 1. The van der Waals surface area contributed by atoms with E-state index in [1.54, 1.807) is 13.2 Å². The molecule has 0 spiro atoms. The van der Waals surface area contributed by atoms with Gasteiger partial charge >= 0.3 is 0 Å². The summed E-state index contributed by atoms with van der Waals surface area (Å²) in [5, 5.41) is 3.71. The van der Waals surface area contributed by atoms with E-state index in [1.165, 1.54) is 12.1 Å². The molecule has 0 saturated heterocycles. The Labute approximate surface area is 153 Å². The zero-order valence-electron chi connectivity index (χ0n) is 13.9. The number of nitrogens with one attached hydrogen (secondary N) is 1. The molecule has 0 radical (unpaired) electrons. The Morgan fingerprint density at radius 2 is 1.92 bits per heavy atom. The van der Waals surface area contributed by atoms with Crippen LogP contribution in [0, 0.1) is 5.82 Å². The Hall–Kier alpha value is -1.49. The minimum atomic E-state index is -0.363. The molecular weight excluding hydrogens is 352 g/mol. The number of ether oxygens (including phenoxy) is 2. The van der Waals surface area contributed by atoms with Crippen LogP contribution in [0.4, 0.5) is 4.39 Å². The fraction of sp³-hybridized carbons (Fsp3) is 0.333. The lowest BCUT2D eigenvalue weighted by atomic mass is 10.1. The number of para-hydroxylation sites is 1. The van der Waals surface area contributed by atoms with Crippen LogP contribution in [-0.4, -0.2) is 13.2 Å². The average molecular weight is 374 g/mol. The standard InChI is InChI=1S/C18H21ClFNO2.ClH/c1-12(2)21-10-13-5-4-6-17(22-3)18(13)23-11-14-7-8-15(20)9-16(14)19;/h4-9,12,21H,10-11H2,1-3H3;1H. The second-order valence-electron chi connectivity index (χ2n) is 5.51. The summed E-state index contributed by atoms with van der Waals surface area (Å²) in [6, 6.07) is 10.4. The molecule has 0 saturated carbocycles. The van der Waals surface area contributed by atoms with Gasteiger partial charge in [-0.15, -0.1) is 12.4 Å². The third-order valence-electron chi connectivity index (χ3n) is 3.37. The summed E-state index contributed by atoms with van der Waals surface area (Å²) in [7, 11) is 1.60. The smallest absolute Gasteiger partial charge is 0.166 e. The molecule has 1 N–H and O–H groups in total. The quantitative estimate of drug-likeness (QED) is 0.741. The van der Waals surface area contributed by atoms with Crippen molar-refractivity contribution in [3.05, 3.63) is 58.4 Å². The highest BCUT2D eigenvalue weighted by Gasteiger charge is 2.12. The van der Waals surface area contributed by atoms with Crippen molar-refractivity contribution in [2.45, 2.75) is 33.0 Å². The van der Waals surface area contributed by atoms with Crippen LogP contribution in [0.5, 0.6) is 11.5 Å². The van der Waals surface area contributed by atoms with Crippen molar-refractivity contribution in [2.24, 2.45) is 0 Å². The molecule has 2 rings (SSSR count). The van der Waals surface area contributed by atoms with Gasteiger partial charge in [-0.3, -0.25) is 0 Å². The normalized spacial score (nSPS) is 10.4. The maximum atomic E-state index is 13.1. The van der Waals surface area contributed by atoms with E-state index in [1.807, 2.05) is 18.2 Å². The van der Waals surface area contributed by atoms with E-state index >= 15 is 0 Å². The van der Waals surface area contributed by atoms with Crippen molar-refractivity contribution in [1.82, 2.24) is 5.32 Å². The first-order chi connectivity index (χ1) is 11.0. The van der Waals surface area contributed by atoms with Crippen molar-refractivity contribution in [1.29, 1.82) is 0 Å².